The molecule has 0 aliphatic rings. The smallest absolute Gasteiger partial charge is 0.390 e. The molecule has 0 aliphatic heterocycles. The van der Waals surface area contributed by atoms with E-state index in [1.54, 1.807) is 0 Å². The molecule has 3 heterocycles. The molecule has 0 saturated carbocycles. The average Bonchev–Trinajstić information content (AvgIpc) is 1.69. The maximum Gasteiger partial charge on any atom is 0.454 e. The number of nitrogens with zero attached hydrogens (tertiary/aromatic N) is 1. The van der Waals surface area contributed by atoms with Crippen LogP contribution in [0.15, 0.2) is 135 Å². The Balaban J connectivity index is 1.39. The first-order chi connectivity index (χ1) is 47.4. The van der Waals surface area contributed by atoms with Gasteiger partial charge in [-0.05, 0) is 196 Å². The summed E-state index contributed by atoms with van der Waals surface area (Å²) in [5.74, 6) is 2.38. The van der Waals surface area contributed by atoms with Crippen molar-refractivity contribution in [3.8, 4) is 0 Å². The minimum atomic E-state index is -2.42. The van der Waals surface area contributed by atoms with Gasteiger partial charge in [0.25, 0.3) is 0 Å². The molecule has 0 bridgehead atoms. The Kier molecular flexibility index (Phi) is 23.7. The first-order valence-corrected chi connectivity index (χ1v) is 41.2. The van der Waals surface area contributed by atoms with E-state index >= 15 is 0 Å². The lowest BCUT2D eigenvalue weighted by atomic mass is 9.81. The van der Waals surface area contributed by atoms with E-state index in [-0.39, 0.29) is 50.1 Å². The highest BCUT2D eigenvalue weighted by molar-refractivity contribution is 7.32. The number of hydrogen-bond donors (Lipinski definition) is 0. The Bertz CT molecular complexity index is 4060. The van der Waals surface area contributed by atoms with Crippen molar-refractivity contribution in [1.82, 2.24) is 4.90 Å². The Morgan fingerprint density at radius 1 is 0.272 bits per heavy atom. The van der Waals surface area contributed by atoms with E-state index < -0.39 is 24.7 Å². The molecule has 10 nitrogen and oxygen atoms in total. The van der Waals surface area contributed by atoms with Crippen molar-refractivity contribution < 1.29 is 38.8 Å². The molecule has 0 spiro atoms. The molecular weight excluding hydrogens is 1330 g/mol. The fraction of sp³-hybridized carbons (Fsp3) is 0.533. The van der Waals surface area contributed by atoms with Gasteiger partial charge < -0.3 is 38.8 Å². The molecule has 9 rings (SSSR count). The number of hydrogen-bond acceptors (Lipinski definition) is 10. The lowest BCUT2D eigenvalue weighted by Gasteiger charge is -2.26. The summed E-state index contributed by atoms with van der Waals surface area (Å²) in [7, 11) is -7.25. The summed E-state index contributed by atoms with van der Waals surface area (Å²) in [6.45, 7) is 81.9. The van der Waals surface area contributed by atoms with Gasteiger partial charge in [0.15, 0.2) is 0 Å². The van der Waals surface area contributed by atoms with Crippen molar-refractivity contribution in [2.24, 2.45) is 35.5 Å². The summed E-state index contributed by atoms with van der Waals surface area (Å²) in [5, 5.41) is 5.73. The third-order valence-corrected chi connectivity index (χ3v) is 21.8. The van der Waals surface area contributed by atoms with Gasteiger partial charge in [0, 0.05) is 65.7 Å². The van der Waals surface area contributed by atoms with Crippen molar-refractivity contribution in [1.29, 1.82) is 0 Å². The van der Waals surface area contributed by atoms with Crippen LogP contribution in [0.5, 0.6) is 0 Å². The Morgan fingerprint density at radius 3 is 0.524 bits per heavy atom. The van der Waals surface area contributed by atoms with Crippen LogP contribution in [0.3, 0.4) is 0 Å². The number of fused-ring (bicyclic) bond motifs is 9. The predicted molar refractivity (Wildman–Crippen MR) is 441 cm³/mol. The van der Waals surface area contributed by atoms with Crippen LogP contribution in [0.2, 0.25) is 0 Å². The largest absolute Gasteiger partial charge is 0.454 e. The molecule has 13 heteroatoms. The summed E-state index contributed by atoms with van der Waals surface area (Å²) < 4.78 is 66.6. The quantitative estimate of drug-likeness (QED) is 0.0645. The molecule has 103 heavy (non-hydrogen) atoms. The van der Waals surface area contributed by atoms with Gasteiger partial charge in [-0.15, -0.1) is 0 Å². The van der Waals surface area contributed by atoms with Crippen molar-refractivity contribution in [3.05, 3.63) is 177 Å². The average molecular weight is 1460 g/mol. The monoisotopic (exact) mass is 1460 g/mol. The Morgan fingerprint density at radius 2 is 0.408 bits per heavy atom. The molecule has 0 N–H and O–H groups in total. The summed E-state index contributed by atoms with van der Waals surface area (Å²) in [4.78, 5) is 1.53. The standard InChI is InChI=1S/C90H126NO9P3/c1-52(2)34-61-40-67-68-41-62(35-53(3)4)47-74(86(19,20)21)80(68)96-101(95-79(67)73(46-61)85(16,17)18)92-58(13)91(59(14)93-102-97-81-69(42-63(36-54(5)6)48-75(81)87(22,23)24)70-43-64(37-55(7)8)49-76(82(70)98-102)88(25,26)27)60(15)94-103-99-83-71(44-65(38-56(9)10)50-77(83)89(28,29)30)72-45-66(39-57(11)12)51-78(84(72)100-103)90(31,32)33/h40-57H,13-15,34-39H2,1-12,16-33H3. The Labute approximate surface area is 621 Å². The number of rotatable bonds is 21. The van der Waals surface area contributed by atoms with Gasteiger partial charge in [-0.1, -0.05) is 244 Å². The van der Waals surface area contributed by atoms with Crippen LogP contribution in [0.1, 0.15) is 274 Å². The minimum absolute atomic E-state index is 0.0188. The fourth-order valence-electron chi connectivity index (χ4n) is 14.2. The third kappa shape index (κ3) is 19.0. The van der Waals surface area contributed by atoms with Crippen molar-refractivity contribution >= 4 is 90.5 Å². The molecule has 6 aromatic carbocycles. The van der Waals surface area contributed by atoms with E-state index in [0.29, 0.717) is 69.0 Å². The van der Waals surface area contributed by atoms with E-state index in [9.17, 15) is 0 Å². The van der Waals surface area contributed by atoms with Gasteiger partial charge in [0.05, 0.1) is 0 Å². The topological polar surface area (TPSA) is 110 Å². The van der Waals surface area contributed by atoms with E-state index in [2.05, 4.69) is 281 Å². The summed E-state index contributed by atoms with van der Waals surface area (Å²) in [5.41, 5.74) is 15.5. The second-order valence-corrected chi connectivity index (χ2v) is 41.2. The van der Waals surface area contributed by atoms with Crippen LogP contribution >= 0.6 is 24.7 Å². The SMILES string of the molecule is C=C(Op1oc2c(C(C)(C)C)cc(CC(C)C)cc2c2cc(CC(C)C)cc(C(C)(C)C)c2o1)N(C(=C)Op1oc2c(C(C)(C)C)cc(CC(C)C)cc2c2cc(CC(C)C)cc(C(C)(C)C)c2o1)C(=C)Op1oc2c(C(C)(C)C)cc(CC(C)C)cc2c2cc(CC(C)C)cc(C(C)(C)C)c2o1. The summed E-state index contributed by atoms with van der Waals surface area (Å²) in [6.07, 6.45) is 5.29. The molecule has 3 aromatic heterocycles. The van der Waals surface area contributed by atoms with Gasteiger partial charge in [0.1, 0.15) is 33.5 Å². The predicted octanol–water partition coefficient (Wildman–Crippen LogP) is 28.9. The molecule has 9 aromatic rings. The molecule has 0 fully saturated rings. The molecular formula is C90H126NO9P3. The first kappa shape index (κ1) is 80.5. The second-order valence-electron chi connectivity index (χ2n) is 38.2. The highest BCUT2D eigenvalue weighted by atomic mass is 31.1. The van der Waals surface area contributed by atoms with Crippen LogP contribution in [0, 0.1) is 35.5 Å². The van der Waals surface area contributed by atoms with Crippen molar-refractivity contribution in [2.45, 2.75) is 279 Å². The molecule has 0 atom stereocenters. The highest BCUT2D eigenvalue weighted by Crippen LogP contribution is 2.50. The van der Waals surface area contributed by atoms with E-state index in [4.69, 9.17) is 58.5 Å². The van der Waals surface area contributed by atoms with Gasteiger partial charge in [-0.2, -0.15) is 0 Å². The third-order valence-electron chi connectivity index (χ3n) is 18.8. The first-order valence-electron chi connectivity index (χ1n) is 37.9. The summed E-state index contributed by atoms with van der Waals surface area (Å²) in [6, 6.07) is 27.7. The summed E-state index contributed by atoms with van der Waals surface area (Å²) >= 11 is 0. The van der Waals surface area contributed by atoms with Crippen molar-refractivity contribution in [3.63, 3.8) is 0 Å². The zero-order chi connectivity index (χ0) is 76.5. The van der Waals surface area contributed by atoms with Crippen molar-refractivity contribution in [2.75, 3.05) is 0 Å². The molecule has 0 saturated heterocycles. The Hall–Kier alpha value is -6.56. The van der Waals surface area contributed by atoms with Crippen LogP contribution in [0.4, 0.5) is 0 Å². The molecule has 0 aliphatic carbocycles. The van der Waals surface area contributed by atoms with Crippen LogP contribution in [0.25, 0.3) is 65.8 Å². The molecule has 0 unspecified atom stereocenters. The lowest BCUT2D eigenvalue weighted by Crippen LogP contribution is -2.27. The molecule has 560 valence electrons. The fourth-order valence-corrected chi connectivity index (χ4v) is 17.4. The van der Waals surface area contributed by atoms with Crippen LogP contribution in [-0.4, -0.2) is 4.90 Å². The van der Waals surface area contributed by atoms with Crippen LogP contribution < -0.4 is 13.6 Å². The number of benzene rings is 6. The zero-order valence-corrected chi connectivity index (χ0v) is 71.4. The van der Waals surface area contributed by atoms with Crippen LogP contribution in [-0.2, 0) is 71.0 Å². The maximum atomic E-state index is 7.43. The minimum Gasteiger partial charge on any atom is -0.390 e. The molecule has 0 radical (unpaired) electrons. The van der Waals surface area contributed by atoms with E-state index in [0.717, 1.165) is 104 Å². The maximum absolute atomic E-state index is 7.43. The second kappa shape index (κ2) is 30.4. The van der Waals surface area contributed by atoms with Gasteiger partial charge in [-0.25, -0.2) is 4.90 Å². The lowest BCUT2D eigenvalue weighted by molar-refractivity contribution is 0.212. The molecule has 0 amide bonds. The highest BCUT2D eigenvalue weighted by Gasteiger charge is 2.34. The van der Waals surface area contributed by atoms with Gasteiger partial charge in [-0.3, -0.25) is 0 Å². The van der Waals surface area contributed by atoms with Gasteiger partial charge in [0.2, 0.25) is 17.6 Å². The normalized spacial score (nSPS) is 13.0. The van der Waals surface area contributed by atoms with E-state index in [1.807, 2.05) is 0 Å². The zero-order valence-electron chi connectivity index (χ0n) is 68.7. The van der Waals surface area contributed by atoms with E-state index in [1.165, 1.54) is 38.3 Å². The van der Waals surface area contributed by atoms with Gasteiger partial charge >= 0.3 is 24.7 Å².